The molecular formula is C27H24N2. The molecule has 0 radical (unpaired) electrons. The van der Waals surface area contributed by atoms with Crippen molar-refractivity contribution in [3.05, 3.63) is 70.9 Å². The lowest BCUT2D eigenvalue weighted by atomic mass is 9.92. The predicted octanol–water partition coefficient (Wildman–Crippen LogP) is 7.43. The van der Waals surface area contributed by atoms with Gasteiger partial charge in [-0.15, -0.1) is 0 Å². The Balaban J connectivity index is 2.14. The van der Waals surface area contributed by atoms with Crippen LogP contribution in [0, 0.1) is 20.8 Å². The molecule has 29 heavy (non-hydrogen) atoms. The second kappa shape index (κ2) is 5.48. The summed E-state index contributed by atoms with van der Waals surface area (Å²) < 4.78 is 2.53. The molecule has 0 spiro atoms. The molecule has 2 heteroatoms. The van der Waals surface area contributed by atoms with Gasteiger partial charge in [0.15, 0.2) is 0 Å². The van der Waals surface area contributed by atoms with Crippen LogP contribution in [0.4, 0.5) is 0 Å². The van der Waals surface area contributed by atoms with E-state index in [1.165, 1.54) is 65.7 Å². The van der Waals surface area contributed by atoms with Crippen molar-refractivity contribution in [3.63, 3.8) is 0 Å². The highest BCUT2D eigenvalue weighted by atomic mass is 14.9. The summed E-state index contributed by atoms with van der Waals surface area (Å²) >= 11 is 0. The number of hydrogen-bond donors (Lipinski definition) is 0. The summed E-state index contributed by atoms with van der Waals surface area (Å²) in [5, 5.41) is 6.58. The molecule has 3 aromatic carbocycles. The minimum atomic E-state index is 0.455. The number of aromatic nitrogens is 2. The van der Waals surface area contributed by atoms with Crippen LogP contribution in [0.5, 0.6) is 0 Å². The average Bonchev–Trinajstić information content (AvgIpc) is 3.03. The van der Waals surface area contributed by atoms with Gasteiger partial charge in [0, 0.05) is 27.7 Å². The molecular weight excluding hydrogens is 352 g/mol. The molecule has 0 N–H and O–H groups in total. The van der Waals surface area contributed by atoms with Gasteiger partial charge in [-0.3, -0.25) is 4.98 Å². The van der Waals surface area contributed by atoms with E-state index in [-0.39, 0.29) is 0 Å². The third kappa shape index (κ3) is 1.99. The molecule has 0 atom stereocenters. The van der Waals surface area contributed by atoms with Crippen molar-refractivity contribution in [2.24, 2.45) is 0 Å². The quantitative estimate of drug-likeness (QED) is 0.215. The summed E-state index contributed by atoms with van der Waals surface area (Å²) in [6, 6.07) is 15.9. The average molecular weight is 377 g/mol. The van der Waals surface area contributed by atoms with E-state index in [1.54, 1.807) is 0 Å². The van der Waals surface area contributed by atoms with Crippen LogP contribution in [0.25, 0.3) is 49.0 Å². The maximum Gasteiger partial charge on any atom is 0.0822 e. The molecule has 2 nitrogen and oxygen atoms in total. The third-order valence-electron chi connectivity index (χ3n) is 6.56. The molecule has 3 heterocycles. The van der Waals surface area contributed by atoms with E-state index in [0.717, 1.165) is 5.52 Å². The van der Waals surface area contributed by atoms with E-state index >= 15 is 0 Å². The van der Waals surface area contributed by atoms with Crippen LogP contribution in [-0.4, -0.2) is 9.38 Å². The number of rotatable bonds is 1. The van der Waals surface area contributed by atoms with Gasteiger partial charge in [-0.25, -0.2) is 0 Å². The molecule has 6 rings (SSSR count). The highest BCUT2D eigenvalue weighted by Crippen LogP contribution is 2.45. The Morgan fingerprint density at radius 1 is 0.793 bits per heavy atom. The fourth-order valence-electron chi connectivity index (χ4n) is 5.44. The van der Waals surface area contributed by atoms with Gasteiger partial charge in [-0.2, -0.15) is 0 Å². The maximum absolute atomic E-state index is 4.90. The standard InChI is InChI=1S/C27H24N2/c1-14(2)20-13-18-9-10-28-24-21-12-15(3)11-17(5)26(21)29-25-16(4)7-6-8-19(25)23(20)27(29)22(18)24/h6-14H,1-5H3. The maximum atomic E-state index is 4.90. The van der Waals surface area contributed by atoms with E-state index < -0.39 is 0 Å². The zero-order valence-electron chi connectivity index (χ0n) is 17.6. The summed E-state index contributed by atoms with van der Waals surface area (Å²) in [6.07, 6.45) is 1.97. The van der Waals surface area contributed by atoms with Crippen molar-refractivity contribution in [2.75, 3.05) is 0 Å². The molecule has 0 fully saturated rings. The predicted molar refractivity (Wildman–Crippen MR) is 125 cm³/mol. The molecule has 0 unspecified atom stereocenters. The number of para-hydroxylation sites is 1. The van der Waals surface area contributed by atoms with Crippen LogP contribution in [0.1, 0.15) is 42.0 Å². The third-order valence-corrected chi connectivity index (χ3v) is 6.56. The Hall–Kier alpha value is -3.13. The minimum Gasteiger partial charge on any atom is -0.307 e. The topological polar surface area (TPSA) is 17.3 Å². The first-order valence-electron chi connectivity index (χ1n) is 10.4. The number of aryl methyl sites for hydroxylation is 3. The van der Waals surface area contributed by atoms with Crippen molar-refractivity contribution in [1.82, 2.24) is 9.38 Å². The van der Waals surface area contributed by atoms with Gasteiger partial charge in [-0.1, -0.05) is 43.7 Å². The van der Waals surface area contributed by atoms with E-state index in [1.807, 2.05) is 6.20 Å². The summed E-state index contributed by atoms with van der Waals surface area (Å²) in [5.41, 5.74) is 10.4. The molecule has 6 aromatic rings. The largest absolute Gasteiger partial charge is 0.307 e. The van der Waals surface area contributed by atoms with Gasteiger partial charge in [0.1, 0.15) is 0 Å². The fourth-order valence-corrected chi connectivity index (χ4v) is 5.44. The second-order valence-electron chi connectivity index (χ2n) is 8.89. The first kappa shape index (κ1) is 16.8. The Morgan fingerprint density at radius 3 is 2.38 bits per heavy atom. The number of nitrogens with zero attached hydrogens (tertiary/aromatic N) is 2. The first-order chi connectivity index (χ1) is 14.0. The van der Waals surface area contributed by atoms with Crippen molar-refractivity contribution < 1.29 is 0 Å². The van der Waals surface area contributed by atoms with E-state index in [4.69, 9.17) is 4.98 Å². The molecule has 0 aliphatic rings. The lowest BCUT2D eigenvalue weighted by molar-refractivity contribution is 0.878. The van der Waals surface area contributed by atoms with Gasteiger partial charge in [-0.05, 0) is 67.0 Å². The normalized spacial score (nSPS) is 12.6. The van der Waals surface area contributed by atoms with Crippen LogP contribution in [-0.2, 0) is 0 Å². The second-order valence-corrected chi connectivity index (χ2v) is 8.89. The molecule has 0 saturated carbocycles. The smallest absolute Gasteiger partial charge is 0.0822 e. The highest BCUT2D eigenvalue weighted by Gasteiger charge is 2.23. The summed E-state index contributed by atoms with van der Waals surface area (Å²) in [4.78, 5) is 4.90. The van der Waals surface area contributed by atoms with Crippen molar-refractivity contribution in [3.8, 4) is 0 Å². The fraction of sp³-hybridized carbons (Fsp3) is 0.222. The SMILES string of the molecule is Cc1cc(C)c2c(c1)c1nccc3cc(C(C)C)c4c5cccc(C)c5n2c4c31. The van der Waals surface area contributed by atoms with Crippen LogP contribution in [0.15, 0.2) is 48.7 Å². The van der Waals surface area contributed by atoms with Gasteiger partial charge in [0.2, 0.25) is 0 Å². The number of benzene rings is 3. The summed E-state index contributed by atoms with van der Waals surface area (Å²) in [7, 11) is 0. The van der Waals surface area contributed by atoms with E-state index in [9.17, 15) is 0 Å². The van der Waals surface area contributed by atoms with Crippen LogP contribution >= 0.6 is 0 Å². The zero-order chi connectivity index (χ0) is 20.0. The van der Waals surface area contributed by atoms with Crippen molar-refractivity contribution >= 4 is 49.0 Å². The minimum absolute atomic E-state index is 0.455. The lowest BCUT2D eigenvalue weighted by Gasteiger charge is -2.17. The molecule has 142 valence electrons. The number of hydrogen-bond acceptors (Lipinski definition) is 1. The van der Waals surface area contributed by atoms with Crippen molar-refractivity contribution in [2.45, 2.75) is 40.5 Å². The molecule has 0 amide bonds. The molecule has 3 aromatic heterocycles. The summed E-state index contributed by atoms with van der Waals surface area (Å²) in [5.74, 6) is 0.455. The molecule has 0 aliphatic carbocycles. The molecule has 0 aliphatic heterocycles. The highest BCUT2D eigenvalue weighted by molar-refractivity contribution is 6.29. The summed E-state index contributed by atoms with van der Waals surface area (Å²) in [6.45, 7) is 11.3. The Bertz CT molecular complexity index is 1600. The van der Waals surface area contributed by atoms with Gasteiger partial charge in [0.25, 0.3) is 0 Å². The van der Waals surface area contributed by atoms with Crippen molar-refractivity contribution in [1.29, 1.82) is 0 Å². The monoisotopic (exact) mass is 376 g/mol. The molecule has 0 saturated heterocycles. The van der Waals surface area contributed by atoms with Gasteiger partial charge >= 0.3 is 0 Å². The lowest BCUT2D eigenvalue weighted by Crippen LogP contribution is -1.99. The zero-order valence-corrected chi connectivity index (χ0v) is 17.6. The number of pyridine rings is 2. The Morgan fingerprint density at radius 2 is 1.59 bits per heavy atom. The Labute approximate surface area is 170 Å². The van der Waals surface area contributed by atoms with E-state index in [0.29, 0.717) is 5.92 Å². The van der Waals surface area contributed by atoms with Crippen LogP contribution in [0.2, 0.25) is 0 Å². The van der Waals surface area contributed by atoms with Gasteiger partial charge in [0.05, 0.1) is 22.1 Å². The van der Waals surface area contributed by atoms with Gasteiger partial charge < -0.3 is 4.40 Å². The first-order valence-corrected chi connectivity index (χ1v) is 10.4. The molecule has 0 bridgehead atoms. The van der Waals surface area contributed by atoms with E-state index in [2.05, 4.69) is 81.5 Å². The Kier molecular flexibility index (Phi) is 3.17. The number of fused-ring (bicyclic) bond motifs is 6. The van der Waals surface area contributed by atoms with Crippen LogP contribution < -0.4 is 0 Å². The van der Waals surface area contributed by atoms with Crippen LogP contribution in [0.3, 0.4) is 0 Å².